The Morgan fingerprint density at radius 1 is 0.906 bits per heavy atom. The number of unbranched alkanes of at least 4 members (excludes halogenated alkanes) is 1. The zero-order chi connectivity index (χ0) is 24.3. The summed E-state index contributed by atoms with van der Waals surface area (Å²) in [5, 5.41) is 11.1. The van der Waals surface area contributed by atoms with Gasteiger partial charge in [0, 0.05) is 40.7 Å². The molecule has 1 heterocycles. The predicted molar refractivity (Wildman–Crippen MR) is 104 cm³/mol. The lowest BCUT2D eigenvalue weighted by Gasteiger charge is -2.44. The number of hydrogen-bond donors (Lipinski definition) is 3. The van der Waals surface area contributed by atoms with Crippen LogP contribution in [0.3, 0.4) is 0 Å². The molecule has 1 fully saturated rings. The van der Waals surface area contributed by atoms with Crippen molar-refractivity contribution in [3.8, 4) is 0 Å². The molecule has 0 saturated carbocycles. The zero-order valence-electron chi connectivity index (χ0n) is 18.5. The van der Waals surface area contributed by atoms with Crippen LogP contribution in [0.5, 0.6) is 0 Å². The average molecular weight is 462 g/mol. The fourth-order valence-corrected chi connectivity index (χ4v) is 3.08. The molecule has 1 rings (SSSR count). The van der Waals surface area contributed by atoms with Gasteiger partial charge in [0.15, 0.2) is 18.5 Å². The van der Waals surface area contributed by atoms with Crippen molar-refractivity contribution in [3.63, 3.8) is 0 Å². The lowest BCUT2D eigenvalue weighted by atomic mass is 9.96. The van der Waals surface area contributed by atoms with Crippen molar-refractivity contribution in [1.82, 2.24) is 10.8 Å². The number of carbonyl (C=O) groups excluding carboxylic acids is 5. The summed E-state index contributed by atoms with van der Waals surface area (Å²) in [5.74, 6) is -3.04. The van der Waals surface area contributed by atoms with E-state index in [1.807, 2.05) is 0 Å². The Balaban J connectivity index is 3.07. The van der Waals surface area contributed by atoms with Crippen LogP contribution in [0, 0.1) is 0 Å². The lowest BCUT2D eigenvalue weighted by molar-refractivity contribution is -0.277. The topological polar surface area (TPSA) is 176 Å². The maximum atomic E-state index is 11.8. The first-order valence-electron chi connectivity index (χ1n) is 10.00. The zero-order valence-corrected chi connectivity index (χ0v) is 18.5. The molecular formula is C19H30N2O11. The molecule has 1 aliphatic heterocycles. The van der Waals surface area contributed by atoms with Gasteiger partial charge in [0.05, 0.1) is 0 Å². The fraction of sp³-hybridized carbons (Fsp3) is 0.737. The highest BCUT2D eigenvalue weighted by Crippen LogP contribution is 2.28. The van der Waals surface area contributed by atoms with Gasteiger partial charge in [0.1, 0.15) is 18.8 Å². The van der Waals surface area contributed by atoms with Crippen LogP contribution in [0.15, 0.2) is 0 Å². The summed E-state index contributed by atoms with van der Waals surface area (Å²) in [6.07, 6.45) is -3.73. The molecule has 3 N–H and O–H groups in total. The van der Waals surface area contributed by atoms with Gasteiger partial charge in [-0.05, 0) is 12.8 Å². The first-order chi connectivity index (χ1) is 15.0. The van der Waals surface area contributed by atoms with Gasteiger partial charge in [-0.3, -0.25) is 29.2 Å². The molecule has 0 bridgehead atoms. The maximum absolute atomic E-state index is 11.8. The minimum atomic E-state index is -1.19. The molecule has 0 aromatic heterocycles. The smallest absolute Gasteiger partial charge is 0.303 e. The third kappa shape index (κ3) is 9.58. The molecule has 182 valence electrons. The van der Waals surface area contributed by atoms with Crippen LogP contribution >= 0.6 is 0 Å². The van der Waals surface area contributed by atoms with Crippen LogP contribution < -0.4 is 10.8 Å². The van der Waals surface area contributed by atoms with Crippen LogP contribution in [0.4, 0.5) is 0 Å². The van der Waals surface area contributed by atoms with Gasteiger partial charge >= 0.3 is 17.9 Å². The van der Waals surface area contributed by atoms with E-state index in [2.05, 4.69) is 5.32 Å². The third-order valence-electron chi connectivity index (χ3n) is 4.28. The van der Waals surface area contributed by atoms with Crippen molar-refractivity contribution in [2.24, 2.45) is 0 Å². The van der Waals surface area contributed by atoms with E-state index in [1.165, 1.54) is 19.3 Å². The summed E-state index contributed by atoms with van der Waals surface area (Å²) in [6, 6.07) is -1.05. The molecule has 0 radical (unpaired) electrons. The number of hydroxylamine groups is 1. The SMILES string of the molecule is CC(=O)NC1C(OCCCCC(=O)NO)OC(COC(C)=O)C(OC(C)=O)C1OC(C)=O. The van der Waals surface area contributed by atoms with Crippen LogP contribution in [0.1, 0.15) is 47.0 Å². The Bertz CT molecular complexity index is 684. The van der Waals surface area contributed by atoms with Gasteiger partial charge in [-0.2, -0.15) is 0 Å². The number of amides is 2. The van der Waals surface area contributed by atoms with Crippen molar-refractivity contribution in [1.29, 1.82) is 0 Å². The number of hydrogen-bond acceptors (Lipinski definition) is 11. The Morgan fingerprint density at radius 2 is 1.53 bits per heavy atom. The number of ether oxygens (including phenoxy) is 5. The van der Waals surface area contributed by atoms with Crippen molar-refractivity contribution >= 4 is 29.7 Å². The molecule has 0 spiro atoms. The summed E-state index contributed by atoms with van der Waals surface area (Å²) in [6.45, 7) is 4.48. The average Bonchev–Trinajstić information content (AvgIpc) is 2.69. The molecular weight excluding hydrogens is 432 g/mol. The van der Waals surface area contributed by atoms with Crippen LogP contribution in [0.25, 0.3) is 0 Å². The number of nitrogens with one attached hydrogen (secondary N) is 2. The lowest BCUT2D eigenvalue weighted by Crippen LogP contribution is -2.66. The van der Waals surface area contributed by atoms with Gasteiger partial charge in [0.25, 0.3) is 0 Å². The van der Waals surface area contributed by atoms with Crippen LogP contribution in [-0.2, 0) is 47.7 Å². The Hall–Kier alpha value is -2.77. The van der Waals surface area contributed by atoms with Gasteiger partial charge in [-0.1, -0.05) is 0 Å². The molecule has 0 aromatic rings. The van der Waals surface area contributed by atoms with Gasteiger partial charge in [-0.15, -0.1) is 0 Å². The number of carbonyl (C=O) groups is 5. The Labute approximate surface area is 185 Å². The van der Waals surface area contributed by atoms with Gasteiger partial charge in [0.2, 0.25) is 11.8 Å². The summed E-state index contributed by atoms with van der Waals surface area (Å²) >= 11 is 0. The second-order valence-electron chi connectivity index (χ2n) is 7.08. The van der Waals surface area contributed by atoms with Crippen molar-refractivity contribution < 1.29 is 52.9 Å². The molecule has 2 amide bonds. The summed E-state index contributed by atoms with van der Waals surface area (Å²) in [7, 11) is 0. The minimum Gasteiger partial charge on any atom is -0.463 e. The highest BCUT2D eigenvalue weighted by molar-refractivity contribution is 5.74. The van der Waals surface area contributed by atoms with Crippen molar-refractivity contribution in [3.05, 3.63) is 0 Å². The summed E-state index contributed by atoms with van der Waals surface area (Å²) in [5.41, 5.74) is 1.52. The van der Waals surface area contributed by atoms with Gasteiger partial charge in [-0.25, -0.2) is 5.48 Å². The predicted octanol–water partition coefficient (Wildman–Crippen LogP) is -0.665. The first kappa shape index (κ1) is 27.3. The van der Waals surface area contributed by atoms with Crippen molar-refractivity contribution in [2.45, 2.75) is 77.6 Å². The second-order valence-corrected chi connectivity index (χ2v) is 7.08. The molecule has 1 aliphatic rings. The van der Waals surface area contributed by atoms with E-state index in [-0.39, 0.29) is 19.6 Å². The maximum Gasteiger partial charge on any atom is 0.303 e. The molecule has 5 atom stereocenters. The second kappa shape index (κ2) is 13.6. The van der Waals surface area contributed by atoms with E-state index >= 15 is 0 Å². The largest absolute Gasteiger partial charge is 0.463 e. The van der Waals surface area contributed by atoms with E-state index in [1.54, 1.807) is 0 Å². The standard InChI is InChI=1S/C19H30N2O11/c1-10(22)20-16-18(31-13(4)25)17(30-12(3)24)14(9-29-11(2)23)32-19(16)28-8-6-5-7-15(26)21-27/h14,16-19,27H,5-9H2,1-4H3,(H,20,22)(H,21,26). The fourth-order valence-electron chi connectivity index (χ4n) is 3.08. The summed E-state index contributed by atoms with van der Waals surface area (Å²) in [4.78, 5) is 57.6. The van der Waals surface area contributed by atoms with Crippen LogP contribution in [-0.4, -0.2) is 78.8 Å². The molecule has 32 heavy (non-hydrogen) atoms. The number of esters is 3. The van der Waals surface area contributed by atoms with E-state index in [0.717, 1.165) is 13.8 Å². The Morgan fingerprint density at radius 3 is 2.06 bits per heavy atom. The van der Waals surface area contributed by atoms with Crippen LogP contribution in [0.2, 0.25) is 0 Å². The van der Waals surface area contributed by atoms with E-state index in [9.17, 15) is 24.0 Å². The van der Waals surface area contributed by atoms with E-state index in [4.69, 9.17) is 28.9 Å². The molecule has 5 unspecified atom stereocenters. The molecule has 13 nitrogen and oxygen atoms in total. The molecule has 0 aromatic carbocycles. The third-order valence-corrected chi connectivity index (χ3v) is 4.28. The normalized spacial score (nSPS) is 24.7. The molecule has 1 saturated heterocycles. The van der Waals surface area contributed by atoms with Gasteiger partial charge < -0.3 is 29.0 Å². The van der Waals surface area contributed by atoms with E-state index in [0.29, 0.717) is 12.8 Å². The monoisotopic (exact) mass is 462 g/mol. The van der Waals surface area contributed by atoms with Crippen molar-refractivity contribution in [2.75, 3.05) is 13.2 Å². The molecule has 0 aliphatic carbocycles. The molecule has 13 heteroatoms. The minimum absolute atomic E-state index is 0.0696. The quantitative estimate of drug-likeness (QED) is 0.117. The highest BCUT2D eigenvalue weighted by Gasteiger charge is 2.51. The number of rotatable bonds is 11. The first-order valence-corrected chi connectivity index (χ1v) is 10.00. The highest BCUT2D eigenvalue weighted by atomic mass is 16.7. The Kier molecular flexibility index (Phi) is 11.6. The summed E-state index contributed by atoms with van der Waals surface area (Å²) < 4.78 is 27.2. The van der Waals surface area contributed by atoms with E-state index < -0.39 is 60.4 Å².